The Kier molecular flexibility index (Phi) is 9.88. The molecule has 0 spiro atoms. The minimum absolute atomic E-state index is 0.180. The van der Waals surface area contributed by atoms with Gasteiger partial charge in [-0.05, 0) is 19.3 Å². The Labute approximate surface area is 117 Å². The van der Waals surface area contributed by atoms with E-state index in [9.17, 15) is 9.90 Å². The zero-order valence-corrected chi connectivity index (χ0v) is 12.8. The van der Waals surface area contributed by atoms with Crippen LogP contribution in [0.1, 0.15) is 66.2 Å². The summed E-state index contributed by atoms with van der Waals surface area (Å²) in [7, 11) is 0. The second kappa shape index (κ2) is 10.2. The molecule has 0 saturated carbocycles. The van der Waals surface area contributed by atoms with Crippen molar-refractivity contribution >= 4 is 5.97 Å². The smallest absolute Gasteiger partial charge is 0.311 e. The molecule has 0 rings (SSSR count). The van der Waals surface area contributed by atoms with Crippen LogP contribution in [0.25, 0.3) is 0 Å². The molecular formula is C15H30O4. The lowest BCUT2D eigenvalue weighted by molar-refractivity contribution is -0.190. The zero-order chi connectivity index (χ0) is 14.8. The summed E-state index contributed by atoms with van der Waals surface area (Å²) >= 11 is 0. The minimum atomic E-state index is -1.42. The van der Waals surface area contributed by atoms with E-state index in [-0.39, 0.29) is 11.8 Å². The number of unbranched alkanes of at least 4 members (excludes halogenated alkanes) is 4. The van der Waals surface area contributed by atoms with Gasteiger partial charge in [-0.3, -0.25) is 4.79 Å². The number of hydrogen-bond donors (Lipinski definition) is 2. The van der Waals surface area contributed by atoms with Gasteiger partial charge < -0.3 is 14.9 Å². The zero-order valence-electron chi connectivity index (χ0n) is 12.8. The SMILES string of the molecule is CCCCCCCC(C(=O)OC(O)C(C)O)C(C)C. The van der Waals surface area contributed by atoms with Crippen molar-refractivity contribution in [1.29, 1.82) is 0 Å². The molecule has 0 aromatic heterocycles. The highest BCUT2D eigenvalue weighted by Crippen LogP contribution is 2.21. The van der Waals surface area contributed by atoms with E-state index in [1.807, 2.05) is 13.8 Å². The average molecular weight is 274 g/mol. The molecule has 2 N–H and O–H groups in total. The molecule has 4 heteroatoms. The van der Waals surface area contributed by atoms with Gasteiger partial charge in [-0.1, -0.05) is 52.9 Å². The molecule has 0 aliphatic heterocycles. The van der Waals surface area contributed by atoms with E-state index in [1.54, 1.807) is 0 Å². The molecule has 4 nitrogen and oxygen atoms in total. The molecule has 19 heavy (non-hydrogen) atoms. The van der Waals surface area contributed by atoms with Crippen molar-refractivity contribution in [3.63, 3.8) is 0 Å². The number of carbonyl (C=O) groups excluding carboxylic acids is 1. The Morgan fingerprint density at radius 3 is 2.11 bits per heavy atom. The molecule has 0 amide bonds. The lowest BCUT2D eigenvalue weighted by Gasteiger charge is -2.22. The quantitative estimate of drug-likeness (QED) is 0.365. The van der Waals surface area contributed by atoms with Crippen LogP contribution in [0.4, 0.5) is 0 Å². The summed E-state index contributed by atoms with van der Waals surface area (Å²) in [5.74, 6) is -0.422. The third-order valence-corrected chi connectivity index (χ3v) is 3.38. The molecule has 0 saturated heterocycles. The third-order valence-electron chi connectivity index (χ3n) is 3.38. The van der Waals surface area contributed by atoms with E-state index < -0.39 is 18.4 Å². The molecule has 0 bridgehead atoms. The van der Waals surface area contributed by atoms with E-state index >= 15 is 0 Å². The molecular weight excluding hydrogens is 244 g/mol. The van der Waals surface area contributed by atoms with Crippen molar-refractivity contribution in [2.75, 3.05) is 0 Å². The number of aliphatic hydroxyl groups is 2. The van der Waals surface area contributed by atoms with Gasteiger partial charge >= 0.3 is 5.97 Å². The van der Waals surface area contributed by atoms with Gasteiger partial charge in [0.15, 0.2) is 0 Å². The summed E-state index contributed by atoms with van der Waals surface area (Å²) in [4.78, 5) is 11.9. The second-order valence-corrected chi connectivity index (χ2v) is 5.62. The maximum Gasteiger partial charge on any atom is 0.311 e. The highest BCUT2D eigenvalue weighted by Gasteiger charge is 2.26. The van der Waals surface area contributed by atoms with Crippen LogP contribution in [0, 0.1) is 11.8 Å². The number of hydrogen-bond acceptors (Lipinski definition) is 4. The number of esters is 1. The first kappa shape index (κ1) is 18.4. The predicted octanol–water partition coefficient (Wildman–Crippen LogP) is 2.86. The summed E-state index contributed by atoms with van der Waals surface area (Å²) in [6, 6.07) is 0. The number of rotatable bonds is 10. The molecule has 0 aliphatic carbocycles. The maximum atomic E-state index is 11.9. The van der Waals surface area contributed by atoms with Crippen molar-refractivity contribution in [3.8, 4) is 0 Å². The molecule has 0 aliphatic rings. The molecule has 0 fully saturated rings. The van der Waals surface area contributed by atoms with Crippen molar-refractivity contribution in [3.05, 3.63) is 0 Å². The van der Waals surface area contributed by atoms with Crippen LogP contribution >= 0.6 is 0 Å². The van der Waals surface area contributed by atoms with E-state index in [4.69, 9.17) is 9.84 Å². The predicted molar refractivity (Wildman–Crippen MR) is 75.5 cm³/mol. The fourth-order valence-corrected chi connectivity index (χ4v) is 2.00. The Morgan fingerprint density at radius 1 is 1.05 bits per heavy atom. The number of carbonyl (C=O) groups is 1. The van der Waals surface area contributed by atoms with Gasteiger partial charge in [0.1, 0.15) is 6.10 Å². The van der Waals surface area contributed by atoms with Crippen LogP contribution in [-0.2, 0) is 9.53 Å². The molecule has 114 valence electrons. The van der Waals surface area contributed by atoms with E-state index in [0.29, 0.717) is 0 Å². The number of aliphatic hydroxyl groups excluding tert-OH is 2. The third kappa shape index (κ3) is 8.22. The summed E-state index contributed by atoms with van der Waals surface area (Å²) < 4.78 is 4.88. The Hall–Kier alpha value is -0.610. The van der Waals surface area contributed by atoms with E-state index in [0.717, 1.165) is 19.3 Å². The molecule has 3 unspecified atom stereocenters. The van der Waals surface area contributed by atoms with Gasteiger partial charge in [0, 0.05) is 0 Å². The first-order valence-corrected chi connectivity index (χ1v) is 7.46. The van der Waals surface area contributed by atoms with Crippen LogP contribution in [-0.4, -0.2) is 28.6 Å². The number of ether oxygens (including phenoxy) is 1. The van der Waals surface area contributed by atoms with Crippen LogP contribution < -0.4 is 0 Å². The lowest BCUT2D eigenvalue weighted by atomic mass is 9.90. The highest BCUT2D eigenvalue weighted by atomic mass is 16.6. The largest absolute Gasteiger partial charge is 0.433 e. The van der Waals surface area contributed by atoms with Crippen LogP contribution in [0.5, 0.6) is 0 Å². The van der Waals surface area contributed by atoms with Crippen LogP contribution in [0.15, 0.2) is 0 Å². The molecule has 0 aromatic carbocycles. The minimum Gasteiger partial charge on any atom is -0.433 e. The standard InChI is InChI=1S/C15H30O4/c1-5-6-7-8-9-10-13(11(2)3)15(18)19-14(17)12(4)16/h11-14,16-17H,5-10H2,1-4H3. The van der Waals surface area contributed by atoms with Gasteiger partial charge in [-0.15, -0.1) is 0 Å². The second-order valence-electron chi connectivity index (χ2n) is 5.62. The topological polar surface area (TPSA) is 66.8 Å². The summed E-state index contributed by atoms with van der Waals surface area (Å²) in [6.45, 7) is 7.53. The first-order valence-electron chi connectivity index (χ1n) is 7.46. The van der Waals surface area contributed by atoms with Crippen LogP contribution in [0.2, 0.25) is 0 Å². The van der Waals surface area contributed by atoms with E-state index in [2.05, 4.69) is 6.92 Å². The first-order chi connectivity index (χ1) is 8.90. The fraction of sp³-hybridized carbons (Fsp3) is 0.933. The summed E-state index contributed by atoms with van der Waals surface area (Å²) in [5, 5.41) is 18.5. The van der Waals surface area contributed by atoms with Crippen LogP contribution in [0.3, 0.4) is 0 Å². The van der Waals surface area contributed by atoms with E-state index in [1.165, 1.54) is 26.2 Å². The molecule has 3 atom stereocenters. The van der Waals surface area contributed by atoms with Crippen molar-refractivity contribution in [2.24, 2.45) is 11.8 Å². The van der Waals surface area contributed by atoms with Gasteiger partial charge in [0.25, 0.3) is 0 Å². The summed E-state index contributed by atoms with van der Waals surface area (Å²) in [5.41, 5.74) is 0. The highest BCUT2D eigenvalue weighted by molar-refractivity contribution is 5.72. The fourth-order valence-electron chi connectivity index (χ4n) is 2.00. The Morgan fingerprint density at radius 2 is 1.63 bits per heavy atom. The Bertz CT molecular complexity index is 238. The monoisotopic (exact) mass is 274 g/mol. The average Bonchev–Trinajstić information content (AvgIpc) is 2.32. The van der Waals surface area contributed by atoms with Crippen molar-refractivity contribution in [2.45, 2.75) is 78.6 Å². The van der Waals surface area contributed by atoms with Gasteiger partial charge in [0.2, 0.25) is 6.29 Å². The molecule has 0 heterocycles. The molecule has 0 aromatic rings. The summed E-state index contributed by atoms with van der Waals surface area (Å²) in [6.07, 6.45) is 4.08. The van der Waals surface area contributed by atoms with Gasteiger partial charge in [-0.25, -0.2) is 0 Å². The lowest BCUT2D eigenvalue weighted by Crippen LogP contribution is -2.33. The van der Waals surface area contributed by atoms with Crippen molar-refractivity contribution in [1.82, 2.24) is 0 Å². The Balaban J connectivity index is 4.13. The van der Waals surface area contributed by atoms with Gasteiger partial charge in [0.05, 0.1) is 5.92 Å². The molecule has 0 radical (unpaired) electrons. The maximum absolute atomic E-state index is 11.9. The van der Waals surface area contributed by atoms with Gasteiger partial charge in [-0.2, -0.15) is 0 Å². The van der Waals surface area contributed by atoms with Crippen molar-refractivity contribution < 1.29 is 19.7 Å². The normalized spacial score (nSPS) is 16.2.